The van der Waals surface area contributed by atoms with Crippen LogP contribution < -0.4 is 10.6 Å². The Hall–Kier alpha value is -3.40. The van der Waals surface area contributed by atoms with Gasteiger partial charge in [0.05, 0.1) is 11.3 Å². The first-order valence-corrected chi connectivity index (χ1v) is 11.0. The number of para-hydroxylation sites is 1. The lowest BCUT2D eigenvalue weighted by Crippen LogP contribution is -2.44. The molecule has 3 rings (SSSR count). The van der Waals surface area contributed by atoms with Crippen molar-refractivity contribution in [2.45, 2.75) is 65.8 Å². The third-order valence-corrected chi connectivity index (χ3v) is 5.90. The zero-order valence-electron chi connectivity index (χ0n) is 19.1. The van der Waals surface area contributed by atoms with Crippen molar-refractivity contribution in [1.29, 1.82) is 5.26 Å². The number of fused-ring (bicyclic) bond motifs is 1. The maximum Gasteiger partial charge on any atom is 0.268 e. The molecule has 2 aromatic rings. The van der Waals surface area contributed by atoms with Gasteiger partial charge in [0, 0.05) is 17.7 Å². The van der Waals surface area contributed by atoms with E-state index in [-0.39, 0.29) is 17.1 Å². The maximum atomic E-state index is 13.1. The minimum absolute atomic E-state index is 0.0393. The van der Waals surface area contributed by atoms with Crippen LogP contribution >= 0.6 is 0 Å². The predicted molar refractivity (Wildman–Crippen MR) is 123 cm³/mol. The molecule has 32 heavy (non-hydrogen) atoms. The fraction of sp³-hybridized carbons (Fsp3) is 0.440. The normalized spacial score (nSPS) is 15.4. The second-order valence-corrected chi connectivity index (χ2v) is 9.23. The van der Waals surface area contributed by atoms with Crippen LogP contribution in [0.25, 0.3) is 0 Å². The molecule has 3 N–H and O–H groups in total. The molecule has 1 atom stereocenters. The number of amides is 2. The summed E-state index contributed by atoms with van der Waals surface area (Å²) >= 11 is 0. The summed E-state index contributed by atoms with van der Waals surface area (Å²) in [7, 11) is 0. The molecule has 168 valence electrons. The van der Waals surface area contributed by atoms with Gasteiger partial charge in [-0.15, -0.1) is 0 Å². The summed E-state index contributed by atoms with van der Waals surface area (Å²) in [4.78, 5) is 41.9. The molecule has 1 heterocycles. The molecule has 0 bridgehead atoms. The lowest BCUT2D eigenvalue weighted by Gasteiger charge is -2.28. The Morgan fingerprint density at radius 3 is 2.66 bits per heavy atom. The lowest BCUT2D eigenvalue weighted by molar-refractivity contribution is -0.118. The van der Waals surface area contributed by atoms with E-state index in [1.807, 2.05) is 20.8 Å². The van der Waals surface area contributed by atoms with Gasteiger partial charge in [0.15, 0.2) is 5.78 Å². The van der Waals surface area contributed by atoms with Gasteiger partial charge in [-0.1, -0.05) is 45.7 Å². The van der Waals surface area contributed by atoms with Gasteiger partial charge in [0.2, 0.25) is 5.91 Å². The van der Waals surface area contributed by atoms with Crippen molar-refractivity contribution < 1.29 is 14.4 Å². The van der Waals surface area contributed by atoms with Crippen LogP contribution in [0.15, 0.2) is 24.3 Å². The molecule has 1 aliphatic rings. The Bertz CT molecular complexity index is 1090. The quantitative estimate of drug-likeness (QED) is 0.603. The molecule has 0 saturated heterocycles. The molecule has 0 saturated carbocycles. The molecular formula is C25H30N4O3. The highest BCUT2D eigenvalue weighted by molar-refractivity contribution is 6.06. The number of benzene rings is 1. The topological polar surface area (TPSA) is 115 Å². The molecule has 1 unspecified atom stereocenters. The van der Waals surface area contributed by atoms with Crippen molar-refractivity contribution in [2.24, 2.45) is 5.41 Å². The second-order valence-electron chi connectivity index (χ2n) is 9.23. The predicted octanol–water partition coefficient (Wildman–Crippen LogP) is 4.28. The van der Waals surface area contributed by atoms with Crippen molar-refractivity contribution in [2.75, 3.05) is 5.32 Å². The molecule has 1 aromatic carbocycles. The van der Waals surface area contributed by atoms with Gasteiger partial charge in [-0.2, -0.15) is 5.26 Å². The van der Waals surface area contributed by atoms with Gasteiger partial charge < -0.3 is 15.6 Å². The first-order chi connectivity index (χ1) is 15.2. The van der Waals surface area contributed by atoms with E-state index in [4.69, 9.17) is 0 Å². The number of hydrogen-bond acceptors (Lipinski definition) is 4. The van der Waals surface area contributed by atoms with E-state index in [0.717, 1.165) is 18.5 Å². The zero-order chi connectivity index (χ0) is 23.5. The van der Waals surface area contributed by atoms with Crippen molar-refractivity contribution in [3.8, 4) is 6.07 Å². The second kappa shape index (κ2) is 9.39. The SMILES string of the molecule is CCCCC(NC(=O)c1[nH]c2c(c1C)C(=O)CC(C)(C)C2)C(=O)Nc1ccccc1C#N. The van der Waals surface area contributed by atoms with Crippen LogP contribution in [-0.2, 0) is 11.2 Å². The van der Waals surface area contributed by atoms with Crippen molar-refractivity contribution >= 4 is 23.3 Å². The smallest absolute Gasteiger partial charge is 0.268 e. The number of unbranched alkanes of at least 4 members (excludes halogenated alkanes) is 1. The largest absolute Gasteiger partial charge is 0.354 e. The Morgan fingerprint density at radius 2 is 1.97 bits per heavy atom. The monoisotopic (exact) mass is 434 g/mol. The highest BCUT2D eigenvalue weighted by atomic mass is 16.2. The van der Waals surface area contributed by atoms with Crippen LogP contribution in [0.4, 0.5) is 5.69 Å². The Labute approximate surface area is 188 Å². The summed E-state index contributed by atoms with van der Waals surface area (Å²) in [5.74, 6) is -0.745. The highest BCUT2D eigenvalue weighted by Gasteiger charge is 2.35. The summed E-state index contributed by atoms with van der Waals surface area (Å²) in [5, 5.41) is 14.9. The molecule has 0 spiro atoms. The van der Waals surface area contributed by atoms with Crippen molar-refractivity contribution in [3.05, 3.63) is 52.3 Å². The van der Waals surface area contributed by atoms with Gasteiger partial charge in [-0.3, -0.25) is 14.4 Å². The van der Waals surface area contributed by atoms with Crippen LogP contribution in [0.5, 0.6) is 0 Å². The van der Waals surface area contributed by atoms with Crippen LogP contribution in [0, 0.1) is 23.7 Å². The van der Waals surface area contributed by atoms with Gasteiger partial charge in [-0.25, -0.2) is 0 Å². The van der Waals surface area contributed by atoms with E-state index in [9.17, 15) is 19.6 Å². The minimum Gasteiger partial charge on any atom is -0.354 e. The number of aromatic amines is 1. The van der Waals surface area contributed by atoms with E-state index in [1.165, 1.54) is 0 Å². The summed E-state index contributed by atoms with van der Waals surface area (Å²) in [6, 6.07) is 8.04. The number of anilines is 1. The molecule has 7 nitrogen and oxygen atoms in total. The van der Waals surface area contributed by atoms with Crippen molar-refractivity contribution in [1.82, 2.24) is 10.3 Å². The third kappa shape index (κ3) is 4.91. The first-order valence-electron chi connectivity index (χ1n) is 11.0. The lowest BCUT2D eigenvalue weighted by atomic mass is 9.75. The number of rotatable bonds is 7. The minimum atomic E-state index is -0.763. The number of carbonyl (C=O) groups excluding carboxylic acids is 3. The van der Waals surface area contributed by atoms with E-state index < -0.39 is 11.9 Å². The fourth-order valence-electron chi connectivity index (χ4n) is 4.28. The number of Topliss-reactive ketones (excluding diaryl/α,β-unsaturated/α-hetero) is 1. The van der Waals surface area contributed by atoms with E-state index in [0.29, 0.717) is 47.3 Å². The average Bonchev–Trinajstić information content (AvgIpc) is 3.06. The summed E-state index contributed by atoms with van der Waals surface area (Å²) < 4.78 is 0. The molecule has 1 aromatic heterocycles. The van der Waals surface area contributed by atoms with Crippen LogP contribution in [0.2, 0.25) is 0 Å². The maximum absolute atomic E-state index is 13.1. The van der Waals surface area contributed by atoms with Crippen LogP contribution in [0.1, 0.15) is 84.1 Å². The van der Waals surface area contributed by atoms with Crippen molar-refractivity contribution in [3.63, 3.8) is 0 Å². The fourth-order valence-corrected chi connectivity index (χ4v) is 4.28. The molecule has 1 aliphatic carbocycles. The Balaban J connectivity index is 1.82. The zero-order valence-corrected chi connectivity index (χ0v) is 19.1. The summed E-state index contributed by atoms with van der Waals surface area (Å²) in [5.41, 5.74) is 2.95. The van der Waals surface area contributed by atoms with Crippen LogP contribution in [-0.4, -0.2) is 28.6 Å². The molecule has 0 fully saturated rings. The number of H-pyrrole nitrogens is 1. The number of nitriles is 1. The van der Waals surface area contributed by atoms with E-state index in [1.54, 1.807) is 31.2 Å². The van der Waals surface area contributed by atoms with Gasteiger partial charge >= 0.3 is 0 Å². The number of carbonyl (C=O) groups is 3. The summed E-state index contributed by atoms with van der Waals surface area (Å²) in [6.45, 7) is 7.85. The molecule has 0 radical (unpaired) electrons. The Morgan fingerprint density at radius 1 is 1.25 bits per heavy atom. The number of nitrogens with one attached hydrogen (secondary N) is 3. The molecular weight excluding hydrogens is 404 g/mol. The van der Waals surface area contributed by atoms with E-state index >= 15 is 0 Å². The van der Waals surface area contributed by atoms with Gasteiger partial charge in [0.1, 0.15) is 17.8 Å². The van der Waals surface area contributed by atoms with Gasteiger partial charge in [0.25, 0.3) is 5.91 Å². The number of ketones is 1. The molecule has 0 aliphatic heterocycles. The number of aromatic nitrogens is 1. The standard InChI is InChI=1S/C25H30N4O3/c1-5-6-10-18(23(31)28-17-11-8-7-9-16(17)14-26)29-24(32)22-15(2)21-19(27-22)12-25(3,4)13-20(21)30/h7-9,11,18,27H,5-6,10,12-13H2,1-4H3,(H,28,31)(H,29,32). The molecule has 2 amide bonds. The van der Waals surface area contributed by atoms with E-state index in [2.05, 4.69) is 21.7 Å². The number of hydrogen-bond donors (Lipinski definition) is 3. The summed E-state index contributed by atoms with van der Waals surface area (Å²) in [6.07, 6.45) is 3.22. The Kier molecular flexibility index (Phi) is 6.83. The van der Waals surface area contributed by atoms with Crippen LogP contribution in [0.3, 0.4) is 0 Å². The first kappa shape index (κ1) is 23.3. The number of nitrogens with zero attached hydrogens (tertiary/aromatic N) is 1. The third-order valence-electron chi connectivity index (χ3n) is 5.90. The molecule has 7 heteroatoms. The average molecular weight is 435 g/mol. The van der Waals surface area contributed by atoms with Gasteiger partial charge in [-0.05, 0) is 42.9 Å². The highest BCUT2D eigenvalue weighted by Crippen LogP contribution is 2.36.